The van der Waals surface area contributed by atoms with Gasteiger partial charge < -0.3 is 19.9 Å². The van der Waals surface area contributed by atoms with E-state index in [2.05, 4.69) is 25.0 Å². The largest absolute Gasteiger partial charge is 0.467 e. The molecule has 0 unspecified atom stereocenters. The first kappa shape index (κ1) is 20.6. The molecule has 2 amide bonds. The van der Waals surface area contributed by atoms with Gasteiger partial charge in [0.2, 0.25) is 5.95 Å². The topological polar surface area (TPSA) is 185 Å². The van der Waals surface area contributed by atoms with Crippen LogP contribution in [-0.2, 0) is 14.8 Å². The van der Waals surface area contributed by atoms with Crippen LogP contribution in [0.15, 0.2) is 23.1 Å². The number of methoxy groups -OCH3 is 3. The number of nitrogens with zero attached hydrogens (tertiary/aromatic N) is 3. The fraction of sp³-hybridized carbons (Fsp3) is 0.214. The molecular weight excluding hydrogens is 396 g/mol. The van der Waals surface area contributed by atoms with Crippen molar-refractivity contribution in [2.75, 3.05) is 32.4 Å². The van der Waals surface area contributed by atoms with Crippen LogP contribution < -0.4 is 25.2 Å². The lowest BCUT2D eigenvalue weighted by molar-refractivity contribution is 0.0597. The summed E-state index contributed by atoms with van der Waals surface area (Å²) in [6.45, 7) is 0. The zero-order chi connectivity index (χ0) is 20.9. The molecular formula is C14H16N6O7S. The minimum absolute atomic E-state index is 0.137. The van der Waals surface area contributed by atoms with Gasteiger partial charge in [0.15, 0.2) is 0 Å². The molecule has 150 valence electrons. The number of hydrogen-bond donors (Lipinski definition) is 3. The molecule has 0 radical (unpaired) electrons. The van der Waals surface area contributed by atoms with Crippen LogP contribution in [0.3, 0.4) is 0 Å². The van der Waals surface area contributed by atoms with Gasteiger partial charge in [-0.2, -0.15) is 9.97 Å². The van der Waals surface area contributed by atoms with E-state index in [1.807, 2.05) is 0 Å². The third-order valence-electron chi connectivity index (χ3n) is 3.15. The van der Waals surface area contributed by atoms with E-state index >= 15 is 0 Å². The number of urea groups is 1. The third-order valence-corrected chi connectivity index (χ3v) is 4.52. The van der Waals surface area contributed by atoms with Crippen LogP contribution in [0.5, 0.6) is 12.0 Å². The lowest BCUT2D eigenvalue weighted by Gasteiger charge is -2.12. The van der Waals surface area contributed by atoms with Crippen molar-refractivity contribution in [2.45, 2.75) is 4.90 Å². The number of anilines is 2. The summed E-state index contributed by atoms with van der Waals surface area (Å²) in [5.41, 5.74) is 5.12. The maximum absolute atomic E-state index is 12.5. The molecule has 0 aliphatic heterocycles. The second-order valence-corrected chi connectivity index (χ2v) is 6.55. The van der Waals surface area contributed by atoms with Crippen molar-refractivity contribution in [3.8, 4) is 12.0 Å². The lowest BCUT2D eigenvalue weighted by atomic mass is 10.2. The summed E-state index contributed by atoms with van der Waals surface area (Å²) in [6, 6.07) is 2.15. The summed E-state index contributed by atoms with van der Waals surface area (Å²) in [5.74, 6) is -1.32. The first-order valence-corrected chi connectivity index (χ1v) is 8.84. The molecule has 13 nitrogen and oxygen atoms in total. The van der Waals surface area contributed by atoms with Crippen LogP contribution >= 0.6 is 0 Å². The van der Waals surface area contributed by atoms with Crippen molar-refractivity contribution >= 4 is 33.7 Å². The molecule has 0 bridgehead atoms. The van der Waals surface area contributed by atoms with Gasteiger partial charge in [-0.15, -0.1) is 4.98 Å². The summed E-state index contributed by atoms with van der Waals surface area (Å²) in [6.07, 6.45) is 0. The Bertz CT molecular complexity index is 989. The number of carbonyl (C=O) groups is 2. The first-order valence-electron chi connectivity index (χ1n) is 7.36. The summed E-state index contributed by atoms with van der Waals surface area (Å²) < 4.78 is 41.0. The Morgan fingerprint density at radius 2 is 1.64 bits per heavy atom. The Balaban J connectivity index is 2.30. The molecule has 14 heteroatoms. The predicted molar refractivity (Wildman–Crippen MR) is 94.5 cm³/mol. The van der Waals surface area contributed by atoms with E-state index in [0.717, 1.165) is 13.2 Å². The number of sulfonamides is 1. The second-order valence-electron chi connectivity index (χ2n) is 4.90. The summed E-state index contributed by atoms with van der Waals surface area (Å²) >= 11 is 0. The minimum atomic E-state index is -4.50. The van der Waals surface area contributed by atoms with Gasteiger partial charge >= 0.3 is 24.0 Å². The molecule has 0 fully saturated rings. The van der Waals surface area contributed by atoms with E-state index in [9.17, 15) is 18.0 Å². The smallest absolute Gasteiger partial charge is 0.341 e. The molecule has 2 rings (SSSR count). The van der Waals surface area contributed by atoms with Gasteiger partial charge in [0, 0.05) is 5.69 Å². The fourth-order valence-corrected chi connectivity index (χ4v) is 3.11. The van der Waals surface area contributed by atoms with Crippen molar-refractivity contribution in [1.82, 2.24) is 19.7 Å². The molecule has 0 aliphatic rings. The lowest BCUT2D eigenvalue weighted by Crippen LogP contribution is -2.35. The number of nitrogens with one attached hydrogen (secondary N) is 2. The quantitative estimate of drug-likeness (QED) is 0.420. The van der Waals surface area contributed by atoms with Crippen molar-refractivity contribution in [1.29, 1.82) is 0 Å². The van der Waals surface area contributed by atoms with Crippen molar-refractivity contribution in [2.24, 2.45) is 0 Å². The summed E-state index contributed by atoms with van der Waals surface area (Å²) in [7, 11) is -0.883. The number of carbonyl (C=O) groups excluding carboxylic acids is 2. The monoisotopic (exact) mass is 412 g/mol. The molecule has 0 saturated carbocycles. The van der Waals surface area contributed by atoms with Crippen molar-refractivity contribution in [3.05, 3.63) is 23.8 Å². The highest BCUT2D eigenvalue weighted by atomic mass is 32.2. The molecule has 0 atom stereocenters. The average Bonchev–Trinajstić information content (AvgIpc) is 2.66. The third kappa shape index (κ3) is 4.53. The summed E-state index contributed by atoms with van der Waals surface area (Å²) in [4.78, 5) is 34.6. The molecule has 0 saturated heterocycles. The fourth-order valence-electron chi connectivity index (χ4n) is 1.97. The Morgan fingerprint density at radius 3 is 2.18 bits per heavy atom. The first-order chi connectivity index (χ1) is 13.2. The van der Waals surface area contributed by atoms with Crippen molar-refractivity contribution < 1.29 is 32.2 Å². The highest BCUT2D eigenvalue weighted by Crippen LogP contribution is 2.22. The molecule has 1 aromatic carbocycles. The van der Waals surface area contributed by atoms with Crippen LogP contribution in [0.25, 0.3) is 0 Å². The zero-order valence-corrected chi connectivity index (χ0v) is 15.7. The number of rotatable bonds is 6. The van der Waals surface area contributed by atoms with E-state index in [1.54, 1.807) is 4.72 Å². The average molecular weight is 412 g/mol. The van der Waals surface area contributed by atoms with Crippen molar-refractivity contribution in [3.63, 3.8) is 0 Å². The van der Waals surface area contributed by atoms with E-state index in [4.69, 9.17) is 15.2 Å². The SMILES string of the molecule is COC(=O)c1c(N)cccc1S(=O)(=O)NC(=O)Nc1nc(OC)nc(OC)n1. The minimum Gasteiger partial charge on any atom is -0.467 e. The zero-order valence-electron chi connectivity index (χ0n) is 14.9. The van der Waals surface area contributed by atoms with Crippen LogP contribution in [0.1, 0.15) is 10.4 Å². The van der Waals surface area contributed by atoms with Gasteiger partial charge in [-0.05, 0) is 12.1 Å². The number of aromatic nitrogens is 3. The maximum atomic E-state index is 12.5. The van der Waals surface area contributed by atoms with Gasteiger partial charge in [0.05, 0.1) is 21.3 Å². The Labute approximate surface area is 159 Å². The van der Waals surface area contributed by atoms with Crippen LogP contribution in [0, 0.1) is 0 Å². The van der Waals surface area contributed by atoms with E-state index in [0.29, 0.717) is 0 Å². The van der Waals surface area contributed by atoms with Gasteiger partial charge in [0.25, 0.3) is 10.0 Å². The Hall–Kier alpha value is -3.68. The van der Waals surface area contributed by atoms with Gasteiger partial charge in [0.1, 0.15) is 10.5 Å². The summed E-state index contributed by atoms with van der Waals surface area (Å²) in [5, 5.41) is 2.10. The Kier molecular flexibility index (Phi) is 6.15. The van der Waals surface area contributed by atoms with Crippen LogP contribution in [0.2, 0.25) is 0 Å². The predicted octanol–water partition coefficient (Wildman–Crippen LogP) is -0.232. The maximum Gasteiger partial charge on any atom is 0.341 e. The Morgan fingerprint density at radius 1 is 1.04 bits per heavy atom. The standard InChI is InChI=1S/C14H16N6O7S/c1-25-10(21)9-7(15)5-4-6-8(9)28(23,24)20-12(22)16-11-17-13(26-2)19-14(18-11)27-3/h4-6H,15H2,1-3H3,(H2,16,17,18,19,20,22). The molecule has 28 heavy (non-hydrogen) atoms. The molecule has 0 aliphatic carbocycles. The van der Waals surface area contributed by atoms with Gasteiger partial charge in [-0.1, -0.05) is 6.07 Å². The van der Waals surface area contributed by atoms with Crippen LogP contribution in [-0.4, -0.2) is 56.7 Å². The van der Waals surface area contributed by atoms with E-state index < -0.39 is 32.5 Å². The molecule has 1 heterocycles. The molecule has 4 N–H and O–H groups in total. The highest BCUT2D eigenvalue weighted by molar-refractivity contribution is 7.90. The number of esters is 1. The van der Waals surface area contributed by atoms with Gasteiger partial charge in [-0.25, -0.2) is 22.7 Å². The number of hydrogen-bond acceptors (Lipinski definition) is 11. The normalized spacial score (nSPS) is 10.7. The van der Waals surface area contributed by atoms with E-state index in [1.165, 1.54) is 26.4 Å². The van der Waals surface area contributed by atoms with Gasteiger partial charge in [-0.3, -0.25) is 5.32 Å². The van der Waals surface area contributed by atoms with E-state index in [-0.39, 0.29) is 23.7 Å². The number of nitrogens with two attached hydrogens (primary N) is 1. The molecule has 2 aromatic rings. The second kappa shape index (κ2) is 8.34. The number of amides is 2. The number of ether oxygens (including phenoxy) is 3. The van der Waals surface area contributed by atoms with Crippen LogP contribution in [0.4, 0.5) is 16.4 Å². The highest BCUT2D eigenvalue weighted by Gasteiger charge is 2.27. The molecule has 1 aromatic heterocycles. The number of nitrogen functional groups attached to an aromatic ring is 1. The number of benzene rings is 1. The molecule has 0 spiro atoms.